The molecule has 0 bridgehead atoms. The van der Waals surface area contributed by atoms with Crippen LogP contribution < -0.4 is 5.32 Å². The minimum absolute atomic E-state index is 0.458. The molecule has 1 unspecified atom stereocenters. The summed E-state index contributed by atoms with van der Waals surface area (Å²) in [5, 5.41) is 4.46. The van der Waals surface area contributed by atoms with Crippen LogP contribution in [0.3, 0.4) is 0 Å². The molecule has 0 fully saturated rings. The fourth-order valence-electron chi connectivity index (χ4n) is 1.88. The number of rotatable bonds is 6. The fourth-order valence-corrected chi connectivity index (χ4v) is 2.26. The zero-order valence-electron chi connectivity index (χ0n) is 10.5. The lowest BCUT2D eigenvalue weighted by Crippen LogP contribution is -2.25. The van der Waals surface area contributed by atoms with Crippen molar-refractivity contribution in [2.45, 2.75) is 44.7 Å². The molecule has 1 rings (SSSR count). The second-order valence-corrected chi connectivity index (χ2v) is 4.78. The Hall–Kier alpha value is -0.770. The summed E-state index contributed by atoms with van der Waals surface area (Å²) in [6, 6.07) is 2.46. The van der Waals surface area contributed by atoms with Crippen LogP contribution in [-0.4, -0.2) is 22.3 Å². The van der Waals surface area contributed by atoms with Gasteiger partial charge in [0.15, 0.2) is 0 Å². The molecule has 90 valence electrons. The van der Waals surface area contributed by atoms with Crippen LogP contribution in [-0.2, 0) is 0 Å². The number of nitrogens with zero attached hydrogens (tertiary/aromatic N) is 2. The van der Waals surface area contributed by atoms with Crippen LogP contribution in [0, 0.1) is 5.92 Å². The standard InChI is InChI=1S/C12H21N3S/c1-5-10(6-2)9(3)15-11-7-12(16-4)14-8-13-11/h7-10H,5-6H2,1-4H3,(H,13,14,15). The molecular formula is C12H21N3S. The molecule has 0 aliphatic heterocycles. The highest BCUT2D eigenvalue weighted by Crippen LogP contribution is 2.19. The van der Waals surface area contributed by atoms with Gasteiger partial charge in [-0.1, -0.05) is 26.7 Å². The van der Waals surface area contributed by atoms with Gasteiger partial charge < -0.3 is 5.32 Å². The second-order valence-electron chi connectivity index (χ2n) is 3.96. The number of thioether (sulfide) groups is 1. The quantitative estimate of drug-likeness (QED) is 0.609. The summed E-state index contributed by atoms with van der Waals surface area (Å²) in [6.07, 6.45) is 6.04. The highest BCUT2D eigenvalue weighted by molar-refractivity contribution is 7.98. The van der Waals surface area contributed by atoms with E-state index in [0.717, 1.165) is 10.8 Å². The first-order valence-electron chi connectivity index (χ1n) is 5.83. The summed E-state index contributed by atoms with van der Waals surface area (Å²) < 4.78 is 0. The van der Waals surface area contributed by atoms with Crippen LogP contribution in [0.1, 0.15) is 33.6 Å². The maximum Gasteiger partial charge on any atom is 0.130 e. The predicted octanol–water partition coefficient (Wildman–Crippen LogP) is 3.44. The third-order valence-electron chi connectivity index (χ3n) is 2.98. The molecule has 0 aromatic carbocycles. The normalized spacial score (nSPS) is 12.8. The van der Waals surface area contributed by atoms with E-state index in [9.17, 15) is 0 Å². The molecule has 4 heteroatoms. The maximum atomic E-state index is 4.24. The van der Waals surface area contributed by atoms with Gasteiger partial charge in [-0.25, -0.2) is 9.97 Å². The van der Waals surface area contributed by atoms with E-state index in [4.69, 9.17) is 0 Å². The zero-order chi connectivity index (χ0) is 12.0. The molecule has 0 spiro atoms. The van der Waals surface area contributed by atoms with Crippen molar-refractivity contribution in [2.24, 2.45) is 5.92 Å². The lowest BCUT2D eigenvalue weighted by atomic mass is 9.95. The fraction of sp³-hybridized carbons (Fsp3) is 0.667. The van der Waals surface area contributed by atoms with Gasteiger partial charge in [0.1, 0.15) is 17.2 Å². The average molecular weight is 239 g/mol. The molecule has 1 heterocycles. The Morgan fingerprint density at radius 2 is 2.00 bits per heavy atom. The van der Waals surface area contributed by atoms with Gasteiger partial charge in [-0.2, -0.15) is 0 Å². The van der Waals surface area contributed by atoms with E-state index < -0.39 is 0 Å². The lowest BCUT2D eigenvalue weighted by molar-refractivity contribution is 0.437. The van der Waals surface area contributed by atoms with Gasteiger partial charge in [0.05, 0.1) is 0 Å². The zero-order valence-corrected chi connectivity index (χ0v) is 11.3. The third-order valence-corrected chi connectivity index (χ3v) is 3.62. The summed E-state index contributed by atoms with van der Waals surface area (Å²) in [5.41, 5.74) is 0. The molecular weight excluding hydrogens is 218 g/mol. The summed E-state index contributed by atoms with van der Waals surface area (Å²) in [5.74, 6) is 1.63. The molecule has 0 radical (unpaired) electrons. The summed E-state index contributed by atoms with van der Waals surface area (Å²) in [7, 11) is 0. The SMILES string of the molecule is CCC(CC)C(C)Nc1cc(SC)ncn1. The van der Waals surface area contributed by atoms with Crippen LogP contribution in [0.2, 0.25) is 0 Å². The molecule has 0 saturated heterocycles. The van der Waals surface area contributed by atoms with Gasteiger partial charge in [-0.05, 0) is 19.1 Å². The van der Waals surface area contributed by atoms with Crippen molar-refractivity contribution in [3.8, 4) is 0 Å². The van der Waals surface area contributed by atoms with Crippen LogP contribution in [0.4, 0.5) is 5.82 Å². The topological polar surface area (TPSA) is 37.8 Å². The van der Waals surface area contributed by atoms with E-state index in [1.807, 2.05) is 12.3 Å². The molecule has 1 atom stereocenters. The second kappa shape index (κ2) is 6.74. The molecule has 3 nitrogen and oxygen atoms in total. The number of nitrogens with one attached hydrogen (secondary N) is 1. The third kappa shape index (κ3) is 3.67. The summed E-state index contributed by atoms with van der Waals surface area (Å²) in [4.78, 5) is 8.40. The minimum atomic E-state index is 0.458. The van der Waals surface area contributed by atoms with Gasteiger partial charge in [-0.3, -0.25) is 0 Å². The van der Waals surface area contributed by atoms with E-state index in [1.54, 1.807) is 18.1 Å². The lowest BCUT2D eigenvalue weighted by Gasteiger charge is -2.22. The van der Waals surface area contributed by atoms with Crippen molar-refractivity contribution in [2.75, 3.05) is 11.6 Å². The van der Waals surface area contributed by atoms with Crippen LogP contribution in [0.25, 0.3) is 0 Å². The first-order valence-corrected chi connectivity index (χ1v) is 7.06. The van der Waals surface area contributed by atoms with Crippen molar-refractivity contribution in [3.63, 3.8) is 0 Å². The molecule has 16 heavy (non-hydrogen) atoms. The van der Waals surface area contributed by atoms with Crippen molar-refractivity contribution >= 4 is 17.6 Å². The Morgan fingerprint density at radius 1 is 1.31 bits per heavy atom. The van der Waals surface area contributed by atoms with E-state index in [1.165, 1.54) is 12.8 Å². The van der Waals surface area contributed by atoms with E-state index in [-0.39, 0.29) is 0 Å². The van der Waals surface area contributed by atoms with Gasteiger partial charge >= 0.3 is 0 Å². The Bertz CT molecular complexity index is 313. The highest BCUT2D eigenvalue weighted by Gasteiger charge is 2.13. The predicted molar refractivity (Wildman–Crippen MR) is 71.0 cm³/mol. The Balaban J connectivity index is 2.64. The van der Waals surface area contributed by atoms with Crippen LogP contribution in [0.15, 0.2) is 17.4 Å². The molecule has 0 amide bonds. The number of hydrogen-bond acceptors (Lipinski definition) is 4. The number of hydrogen-bond donors (Lipinski definition) is 1. The molecule has 0 saturated carbocycles. The molecule has 0 aliphatic rings. The molecule has 1 N–H and O–H groups in total. The first kappa shape index (κ1) is 13.3. The molecule has 1 aromatic rings. The van der Waals surface area contributed by atoms with Crippen molar-refractivity contribution in [1.29, 1.82) is 0 Å². The van der Waals surface area contributed by atoms with Crippen molar-refractivity contribution in [3.05, 3.63) is 12.4 Å². The maximum absolute atomic E-state index is 4.24. The Morgan fingerprint density at radius 3 is 2.56 bits per heavy atom. The van der Waals surface area contributed by atoms with Gasteiger partial charge in [0.2, 0.25) is 0 Å². The minimum Gasteiger partial charge on any atom is -0.367 e. The van der Waals surface area contributed by atoms with E-state index in [2.05, 4.69) is 36.1 Å². The Labute approximate surface area is 102 Å². The number of aromatic nitrogens is 2. The van der Waals surface area contributed by atoms with Gasteiger partial charge in [0, 0.05) is 12.1 Å². The van der Waals surface area contributed by atoms with E-state index >= 15 is 0 Å². The van der Waals surface area contributed by atoms with Crippen molar-refractivity contribution in [1.82, 2.24) is 9.97 Å². The summed E-state index contributed by atoms with van der Waals surface area (Å²) >= 11 is 1.64. The van der Waals surface area contributed by atoms with Crippen LogP contribution in [0.5, 0.6) is 0 Å². The molecule has 1 aromatic heterocycles. The number of anilines is 1. The molecule has 0 aliphatic carbocycles. The van der Waals surface area contributed by atoms with Gasteiger partial charge in [-0.15, -0.1) is 11.8 Å². The smallest absolute Gasteiger partial charge is 0.130 e. The van der Waals surface area contributed by atoms with Gasteiger partial charge in [0.25, 0.3) is 0 Å². The highest BCUT2D eigenvalue weighted by atomic mass is 32.2. The van der Waals surface area contributed by atoms with Crippen LogP contribution >= 0.6 is 11.8 Å². The largest absolute Gasteiger partial charge is 0.367 e. The average Bonchev–Trinajstić information content (AvgIpc) is 2.31. The van der Waals surface area contributed by atoms with E-state index in [0.29, 0.717) is 12.0 Å². The Kier molecular flexibility index (Phi) is 5.60. The summed E-state index contributed by atoms with van der Waals surface area (Å²) in [6.45, 7) is 6.69. The first-order chi connectivity index (χ1) is 7.71. The monoisotopic (exact) mass is 239 g/mol. The van der Waals surface area contributed by atoms with Crippen molar-refractivity contribution < 1.29 is 0 Å².